The van der Waals surface area contributed by atoms with E-state index in [2.05, 4.69) is 22.4 Å². The lowest BCUT2D eigenvalue weighted by atomic mass is 10.2. The fraction of sp³-hybridized carbons (Fsp3) is 0.438. The lowest BCUT2D eigenvalue weighted by Crippen LogP contribution is -2.17. The van der Waals surface area contributed by atoms with Gasteiger partial charge in [0.2, 0.25) is 0 Å². The summed E-state index contributed by atoms with van der Waals surface area (Å²) >= 11 is 0. The van der Waals surface area contributed by atoms with Gasteiger partial charge in [0.1, 0.15) is 11.3 Å². The molecule has 1 aliphatic carbocycles. The molecule has 1 aliphatic rings. The fourth-order valence-electron chi connectivity index (χ4n) is 2.20. The second-order valence-electron chi connectivity index (χ2n) is 5.12. The van der Waals surface area contributed by atoms with E-state index in [0.29, 0.717) is 0 Å². The molecular weight excluding hydrogens is 236 g/mol. The molecule has 0 unspecified atom stereocenters. The summed E-state index contributed by atoms with van der Waals surface area (Å²) in [5, 5.41) is 4.65. The highest BCUT2D eigenvalue weighted by molar-refractivity contribution is 5.84. The first-order valence-corrected chi connectivity index (χ1v) is 7.13. The SMILES string of the molecule is c1cnc2c(OCCCCNC3CC3)cccc2c1. The number of unbranched alkanes of at least 4 members (excludes halogenated alkanes) is 1. The number of hydrogen-bond acceptors (Lipinski definition) is 3. The number of ether oxygens (including phenoxy) is 1. The number of pyridine rings is 1. The first-order chi connectivity index (χ1) is 9.43. The molecule has 1 N–H and O–H groups in total. The van der Waals surface area contributed by atoms with Crippen molar-refractivity contribution in [3.63, 3.8) is 0 Å². The van der Waals surface area contributed by atoms with E-state index in [9.17, 15) is 0 Å². The normalized spacial score (nSPS) is 14.7. The van der Waals surface area contributed by atoms with Crippen molar-refractivity contribution in [2.75, 3.05) is 13.2 Å². The van der Waals surface area contributed by atoms with Crippen LogP contribution >= 0.6 is 0 Å². The van der Waals surface area contributed by atoms with Gasteiger partial charge in [-0.05, 0) is 44.4 Å². The van der Waals surface area contributed by atoms with Gasteiger partial charge in [-0.1, -0.05) is 18.2 Å². The molecule has 100 valence electrons. The third-order valence-electron chi connectivity index (χ3n) is 3.43. The molecular formula is C16H20N2O. The molecule has 1 fully saturated rings. The summed E-state index contributed by atoms with van der Waals surface area (Å²) in [4.78, 5) is 4.39. The zero-order valence-electron chi connectivity index (χ0n) is 11.1. The maximum atomic E-state index is 5.85. The average Bonchev–Trinajstić information content (AvgIpc) is 3.27. The molecule has 0 atom stereocenters. The van der Waals surface area contributed by atoms with Crippen LogP contribution in [0.1, 0.15) is 25.7 Å². The van der Waals surface area contributed by atoms with Crippen molar-refractivity contribution in [2.24, 2.45) is 0 Å². The Morgan fingerprint density at radius 1 is 1.16 bits per heavy atom. The summed E-state index contributed by atoms with van der Waals surface area (Å²) in [7, 11) is 0. The molecule has 19 heavy (non-hydrogen) atoms. The fourth-order valence-corrected chi connectivity index (χ4v) is 2.20. The van der Waals surface area contributed by atoms with Crippen LogP contribution in [0.2, 0.25) is 0 Å². The Hall–Kier alpha value is -1.61. The van der Waals surface area contributed by atoms with Crippen LogP contribution in [0.25, 0.3) is 10.9 Å². The predicted molar refractivity (Wildman–Crippen MR) is 77.5 cm³/mol. The number of rotatable bonds is 7. The van der Waals surface area contributed by atoms with E-state index in [4.69, 9.17) is 4.74 Å². The minimum Gasteiger partial charge on any atom is -0.491 e. The summed E-state index contributed by atoms with van der Waals surface area (Å²) in [6.45, 7) is 1.88. The largest absolute Gasteiger partial charge is 0.491 e. The van der Waals surface area contributed by atoms with Crippen molar-refractivity contribution in [1.82, 2.24) is 10.3 Å². The monoisotopic (exact) mass is 256 g/mol. The van der Waals surface area contributed by atoms with Gasteiger partial charge in [0.05, 0.1) is 6.61 Å². The summed E-state index contributed by atoms with van der Waals surface area (Å²) in [5.41, 5.74) is 0.959. The zero-order valence-corrected chi connectivity index (χ0v) is 11.1. The summed E-state index contributed by atoms with van der Waals surface area (Å²) < 4.78 is 5.85. The van der Waals surface area contributed by atoms with Crippen molar-refractivity contribution in [2.45, 2.75) is 31.7 Å². The minimum atomic E-state index is 0.766. The molecule has 1 aromatic carbocycles. The van der Waals surface area contributed by atoms with Crippen LogP contribution in [0.5, 0.6) is 5.75 Å². The topological polar surface area (TPSA) is 34.1 Å². The predicted octanol–water partition coefficient (Wildman–Crippen LogP) is 3.15. The number of hydrogen-bond donors (Lipinski definition) is 1. The molecule has 1 saturated carbocycles. The van der Waals surface area contributed by atoms with Gasteiger partial charge < -0.3 is 10.1 Å². The van der Waals surface area contributed by atoms with Gasteiger partial charge in [-0.2, -0.15) is 0 Å². The minimum absolute atomic E-state index is 0.766. The van der Waals surface area contributed by atoms with Gasteiger partial charge in [0.15, 0.2) is 0 Å². The van der Waals surface area contributed by atoms with E-state index in [1.807, 2.05) is 24.4 Å². The molecule has 0 spiro atoms. The first-order valence-electron chi connectivity index (χ1n) is 7.13. The molecule has 3 heteroatoms. The number of benzene rings is 1. The molecule has 3 nitrogen and oxygen atoms in total. The number of nitrogens with one attached hydrogen (secondary N) is 1. The van der Waals surface area contributed by atoms with E-state index in [1.54, 1.807) is 0 Å². The molecule has 0 aliphatic heterocycles. The van der Waals surface area contributed by atoms with Crippen LogP contribution < -0.4 is 10.1 Å². The first kappa shape index (κ1) is 12.4. The Balaban J connectivity index is 1.47. The second-order valence-corrected chi connectivity index (χ2v) is 5.12. The van der Waals surface area contributed by atoms with Crippen LogP contribution in [0.3, 0.4) is 0 Å². The Kier molecular flexibility index (Phi) is 3.94. The van der Waals surface area contributed by atoms with E-state index in [0.717, 1.165) is 42.3 Å². The summed E-state index contributed by atoms with van der Waals surface area (Å²) in [6, 6.07) is 10.9. The smallest absolute Gasteiger partial charge is 0.145 e. The van der Waals surface area contributed by atoms with Gasteiger partial charge >= 0.3 is 0 Å². The van der Waals surface area contributed by atoms with Crippen molar-refractivity contribution < 1.29 is 4.74 Å². The van der Waals surface area contributed by atoms with E-state index in [-0.39, 0.29) is 0 Å². The lowest BCUT2D eigenvalue weighted by molar-refractivity contribution is 0.308. The Morgan fingerprint density at radius 3 is 2.95 bits per heavy atom. The number of aromatic nitrogens is 1. The van der Waals surface area contributed by atoms with Gasteiger partial charge in [0, 0.05) is 17.6 Å². The maximum absolute atomic E-state index is 5.85. The van der Waals surface area contributed by atoms with Crippen LogP contribution in [0, 0.1) is 0 Å². The molecule has 3 rings (SSSR count). The third-order valence-corrected chi connectivity index (χ3v) is 3.43. The van der Waals surface area contributed by atoms with Crippen LogP contribution in [0.15, 0.2) is 36.5 Å². The maximum Gasteiger partial charge on any atom is 0.145 e. The van der Waals surface area contributed by atoms with Crippen molar-refractivity contribution in [3.05, 3.63) is 36.5 Å². The lowest BCUT2D eigenvalue weighted by Gasteiger charge is -2.08. The molecule has 0 amide bonds. The third kappa shape index (κ3) is 3.44. The zero-order chi connectivity index (χ0) is 12.9. The highest BCUT2D eigenvalue weighted by Crippen LogP contribution is 2.23. The van der Waals surface area contributed by atoms with Gasteiger partial charge in [-0.3, -0.25) is 4.98 Å². The van der Waals surface area contributed by atoms with Crippen molar-refractivity contribution >= 4 is 10.9 Å². The molecule has 0 radical (unpaired) electrons. The van der Waals surface area contributed by atoms with Crippen LogP contribution in [0.4, 0.5) is 0 Å². The summed E-state index contributed by atoms with van der Waals surface area (Å²) in [5.74, 6) is 0.897. The Labute approximate surface area is 114 Å². The molecule has 1 heterocycles. The summed E-state index contributed by atoms with van der Waals surface area (Å²) in [6.07, 6.45) is 6.79. The molecule has 0 saturated heterocycles. The van der Waals surface area contributed by atoms with E-state index < -0.39 is 0 Å². The van der Waals surface area contributed by atoms with Crippen LogP contribution in [-0.4, -0.2) is 24.2 Å². The number of nitrogens with zero attached hydrogens (tertiary/aromatic N) is 1. The highest BCUT2D eigenvalue weighted by Gasteiger charge is 2.19. The van der Waals surface area contributed by atoms with Crippen LogP contribution in [-0.2, 0) is 0 Å². The second kappa shape index (κ2) is 6.02. The van der Waals surface area contributed by atoms with Gasteiger partial charge in [-0.15, -0.1) is 0 Å². The number of fused-ring (bicyclic) bond motifs is 1. The molecule has 0 bridgehead atoms. The van der Waals surface area contributed by atoms with Crippen molar-refractivity contribution in [1.29, 1.82) is 0 Å². The molecule has 2 aromatic rings. The van der Waals surface area contributed by atoms with E-state index in [1.165, 1.54) is 19.3 Å². The standard InChI is InChI=1S/C16H20N2O/c1(10-17-14-8-9-14)2-12-19-15-7-3-5-13-6-4-11-18-16(13)15/h3-7,11,14,17H,1-2,8-10,12H2. The number of para-hydroxylation sites is 1. The quantitative estimate of drug-likeness (QED) is 0.773. The van der Waals surface area contributed by atoms with Gasteiger partial charge in [-0.25, -0.2) is 0 Å². The van der Waals surface area contributed by atoms with Crippen molar-refractivity contribution in [3.8, 4) is 5.75 Å². The van der Waals surface area contributed by atoms with Gasteiger partial charge in [0.25, 0.3) is 0 Å². The molecule has 1 aromatic heterocycles. The Bertz CT molecular complexity index is 532. The average molecular weight is 256 g/mol. The Morgan fingerprint density at radius 2 is 2.05 bits per heavy atom. The highest BCUT2D eigenvalue weighted by atomic mass is 16.5. The van der Waals surface area contributed by atoms with E-state index >= 15 is 0 Å².